The highest BCUT2D eigenvalue weighted by Gasteiger charge is 2.03. The highest BCUT2D eigenvalue weighted by molar-refractivity contribution is 6.30. The molecule has 3 heteroatoms. The predicted molar refractivity (Wildman–Crippen MR) is 60.4 cm³/mol. The molecule has 1 unspecified atom stereocenters. The van der Waals surface area contributed by atoms with Crippen molar-refractivity contribution in [3.8, 4) is 12.3 Å². The Morgan fingerprint density at radius 2 is 2.43 bits per heavy atom. The number of nitrogens with zero attached hydrogens (tertiary/aromatic N) is 1. The van der Waals surface area contributed by atoms with E-state index < -0.39 is 0 Å². The van der Waals surface area contributed by atoms with Crippen molar-refractivity contribution in [1.29, 1.82) is 0 Å². The SMILES string of the molecule is C#CC(CCC)Nc1ccc(Cl)cn1. The van der Waals surface area contributed by atoms with Gasteiger partial charge < -0.3 is 5.32 Å². The maximum absolute atomic E-state index is 5.71. The highest BCUT2D eigenvalue weighted by atomic mass is 35.5. The number of rotatable bonds is 4. The van der Waals surface area contributed by atoms with E-state index in [2.05, 4.69) is 23.1 Å². The lowest BCUT2D eigenvalue weighted by Gasteiger charge is -2.12. The molecule has 1 aromatic rings. The monoisotopic (exact) mass is 208 g/mol. The summed E-state index contributed by atoms with van der Waals surface area (Å²) < 4.78 is 0. The van der Waals surface area contributed by atoms with Crippen molar-refractivity contribution >= 4 is 17.4 Å². The number of pyridine rings is 1. The number of anilines is 1. The Morgan fingerprint density at radius 1 is 1.64 bits per heavy atom. The van der Waals surface area contributed by atoms with Gasteiger partial charge in [0.25, 0.3) is 0 Å². The lowest BCUT2D eigenvalue weighted by atomic mass is 10.2. The van der Waals surface area contributed by atoms with Crippen molar-refractivity contribution in [3.05, 3.63) is 23.4 Å². The van der Waals surface area contributed by atoms with Gasteiger partial charge in [0.15, 0.2) is 0 Å². The van der Waals surface area contributed by atoms with Crippen molar-refractivity contribution in [3.63, 3.8) is 0 Å². The zero-order valence-electron chi connectivity index (χ0n) is 8.13. The molecular weight excluding hydrogens is 196 g/mol. The van der Waals surface area contributed by atoms with E-state index in [0.29, 0.717) is 5.02 Å². The van der Waals surface area contributed by atoms with E-state index in [-0.39, 0.29) is 6.04 Å². The number of halogens is 1. The van der Waals surface area contributed by atoms with Gasteiger partial charge in [-0.15, -0.1) is 6.42 Å². The van der Waals surface area contributed by atoms with E-state index >= 15 is 0 Å². The average Bonchev–Trinajstić information content (AvgIpc) is 2.20. The van der Waals surface area contributed by atoms with Crippen molar-refractivity contribution in [2.75, 3.05) is 5.32 Å². The molecule has 74 valence electrons. The second kappa shape index (κ2) is 5.51. The first-order valence-corrected chi connectivity index (χ1v) is 4.98. The van der Waals surface area contributed by atoms with Crippen LogP contribution >= 0.6 is 11.6 Å². The zero-order chi connectivity index (χ0) is 10.4. The third kappa shape index (κ3) is 3.27. The number of terminal acetylenes is 1. The molecule has 0 saturated carbocycles. The first-order chi connectivity index (χ1) is 6.76. The van der Waals surface area contributed by atoms with Crippen LogP contribution in [0.3, 0.4) is 0 Å². The minimum absolute atomic E-state index is 0.0497. The van der Waals surface area contributed by atoms with Crippen LogP contribution in [-0.2, 0) is 0 Å². The van der Waals surface area contributed by atoms with Crippen molar-refractivity contribution in [2.45, 2.75) is 25.8 Å². The van der Waals surface area contributed by atoms with E-state index in [0.717, 1.165) is 18.7 Å². The Labute approximate surface area is 89.7 Å². The second-order valence-electron chi connectivity index (χ2n) is 3.01. The Hall–Kier alpha value is -1.20. The summed E-state index contributed by atoms with van der Waals surface area (Å²) in [7, 11) is 0. The van der Waals surface area contributed by atoms with Crippen LogP contribution in [0.2, 0.25) is 5.02 Å². The molecule has 0 aliphatic carbocycles. The van der Waals surface area contributed by atoms with Gasteiger partial charge in [-0.2, -0.15) is 0 Å². The van der Waals surface area contributed by atoms with Gasteiger partial charge in [0.05, 0.1) is 11.1 Å². The summed E-state index contributed by atoms with van der Waals surface area (Å²) >= 11 is 5.71. The van der Waals surface area contributed by atoms with Crippen LogP contribution in [0.5, 0.6) is 0 Å². The van der Waals surface area contributed by atoms with Crippen LogP contribution < -0.4 is 5.32 Å². The highest BCUT2D eigenvalue weighted by Crippen LogP contribution is 2.11. The summed E-state index contributed by atoms with van der Waals surface area (Å²) in [5, 5.41) is 3.78. The number of hydrogen-bond acceptors (Lipinski definition) is 2. The van der Waals surface area contributed by atoms with Crippen LogP contribution in [0, 0.1) is 12.3 Å². The van der Waals surface area contributed by atoms with Gasteiger partial charge in [0.1, 0.15) is 5.82 Å². The first-order valence-electron chi connectivity index (χ1n) is 4.60. The standard InChI is InChI=1S/C11H13ClN2/c1-3-5-10(4-2)14-11-7-6-9(12)8-13-11/h2,6-8,10H,3,5H2,1H3,(H,13,14). The van der Waals surface area contributed by atoms with E-state index in [1.54, 1.807) is 12.3 Å². The average molecular weight is 209 g/mol. The van der Waals surface area contributed by atoms with Gasteiger partial charge in [-0.05, 0) is 18.6 Å². The zero-order valence-corrected chi connectivity index (χ0v) is 8.88. The number of nitrogens with one attached hydrogen (secondary N) is 1. The molecule has 0 aliphatic rings. The molecule has 0 saturated heterocycles. The van der Waals surface area contributed by atoms with E-state index in [1.165, 1.54) is 0 Å². The van der Waals surface area contributed by atoms with Crippen LogP contribution in [0.25, 0.3) is 0 Å². The summed E-state index contributed by atoms with van der Waals surface area (Å²) in [6.07, 6.45) is 8.97. The van der Waals surface area contributed by atoms with Crippen molar-refractivity contribution in [1.82, 2.24) is 4.98 Å². The lowest BCUT2D eigenvalue weighted by molar-refractivity contribution is 0.752. The van der Waals surface area contributed by atoms with Gasteiger partial charge in [-0.3, -0.25) is 0 Å². The molecule has 0 bridgehead atoms. The van der Waals surface area contributed by atoms with E-state index in [9.17, 15) is 0 Å². The third-order valence-corrected chi connectivity index (χ3v) is 2.05. The fourth-order valence-corrected chi connectivity index (χ4v) is 1.24. The minimum atomic E-state index is 0.0497. The molecule has 0 aliphatic heterocycles. The molecule has 0 spiro atoms. The minimum Gasteiger partial charge on any atom is -0.356 e. The Morgan fingerprint density at radius 3 is 2.93 bits per heavy atom. The van der Waals surface area contributed by atoms with Crippen LogP contribution in [-0.4, -0.2) is 11.0 Å². The number of hydrogen-bond donors (Lipinski definition) is 1. The lowest BCUT2D eigenvalue weighted by Crippen LogP contribution is -2.17. The molecule has 0 radical (unpaired) electrons. The van der Waals surface area contributed by atoms with Gasteiger partial charge in [-0.1, -0.05) is 30.9 Å². The summed E-state index contributed by atoms with van der Waals surface area (Å²) in [4.78, 5) is 4.11. The largest absolute Gasteiger partial charge is 0.356 e. The summed E-state index contributed by atoms with van der Waals surface area (Å²) in [6, 6.07) is 3.66. The molecule has 0 amide bonds. The number of aromatic nitrogens is 1. The topological polar surface area (TPSA) is 24.9 Å². The molecule has 1 heterocycles. The van der Waals surface area contributed by atoms with Crippen molar-refractivity contribution in [2.24, 2.45) is 0 Å². The van der Waals surface area contributed by atoms with Crippen LogP contribution in [0.15, 0.2) is 18.3 Å². The van der Waals surface area contributed by atoms with E-state index in [4.69, 9.17) is 18.0 Å². The van der Waals surface area contributed by atoms with E-state index in [1.807, 2.05) is 6.07 Å². The van der Waals surface area contributed by atoms with Gasteiger partial charge in [-0.25, -0.2) is 4.98 Å². The van der Waals surface area contributed by atoms with Gasteiger partial charge >= 0.3 is 0 Å². The summed E-state index contributed by atoms with van der Waals surface area (Å²) in [6.45, 7) is 2.10. The maximum atomic E-state index is 5.71. The molecule has 14 heavy (non-hydrogen) atoms. The maximum Gasteiger partial charge on any atom is 0.126 e. The molecule has 1 rings (SSSR count). The Balaban J connectivity index is 2.59. The quantitative estimate of drug-likeness (QED) is 0.770. The van der Waals surface area contributed by atoms with Gasteiger partial charge in [0, 0.05) is 6.20 Å². The molecule has 1 N–H and O–H groups in total. The van der Waals surface area contributed by atoms with Crippen LogP contribution in [0.1, 0.15) is 19.8 Å². The molecular formula is C11H13ClN2. The second-order valence-corrected chi connectivity index (χ2v) is 3.45. The smallest absolute Gasteiger partial charge is 0.126 e. The van der Waals surface area contributed by atoms with Gasteiger partial charge in [0.2, 0.25) is 0 Å². The fraction of sp³-hybridized carbons (Fsp3) is 0.364. The normalized spacial score (nSPS) is 11.8. The molecule has 0 aromatic carbocycles. The van der Waals surface area contributed by atoms with Crippen molar-refractivity contribution < 1.29 is 0 Å². The third-order valence-electron chi connectivity index (χ3n) is 1.83. The first kappa shape index (κ1) is 10.9. The summed E-state index contributed by atoms with van der Waals surface area (Å²) in [5.41, 5.74) is 0. The Kier molecular flexibility index (Phi) is 4.28. The Bertz CT molecular complexity index is 313. The molecule has 1 atom stereocenters. The molecule has 0 fully saturated rings. The van der Waals surface area contributed by atoms with Crippen LogP contribution in [0.4, 0.5) is 5.82 Å². The molecule has 1 aromatic heterocycles. The summed E-state index contributed by atoms with van der Waals surface area (Å²) in [5.74, 6) is 3.45. The fourth-order valence-electron chi connectivity index (χ4n) is 1.13. The predicted octanol–water partition coefficient (Wildman–Crippen LogP) is 2.95. The molecule has 2 nitrogen and oxygen atoms in total.